The Kier molecular flexibility index (Phi) is 44.3. The van der Waals surface area contributed by atoms with Crippen LogP contribution in [-0.4, -0.2) is 296 Å². The number of aliphatic hydroxyl groups excluding tert-OH is 9. The van der Waals surface area contributed by atoms with Crippen molar-refractivity contribution < 1.29 is 174 Å². The molecular weight excluding hydrogens is 1430 g/mol. The maximum Gasteiger partial charge on any atom is 0.472 e. The Morgan fingerprint density at radius 2 is 0.752 bits per heavy atom. The van der Waals surface area contributed by atoms with Gasteiger partial charge in [0.05, 0.1) is 122 Å². The summed E-state index contributed by atoms with van der Waals surface area (Å²) >= 11 is 0. The molecule has 4 rings (SSSR count). The van der Waals surface area contributed by atoms with Crippen LogP contribution >= 0.6 is 31.3 Å². The van der Waals surface area contributed by atoms with Crippen molar-refractivity contribution >= 4 is 37.2 Å². The first-order valence-corrected chi connectivity index (χ1v) is 40.6. The molecule has 4 aliphatic rings. The van der Waals surface area contributed by atoms with Crippen LogP contribution < -0.4 is 5.32 Å². The number of aliphatic hydroxyl groups is 9. The van der Waals surface area contributed by atoms with Crippen LogP contribution in [0.5, 0.6) is 0 Å². The molecule has 41 heteroatoms. The van der Waals surface area contributed by atoms with Crippen LogP contribution in [0.4, 0.5) is 0 Å². The van der Waals surface area contributed by atoms with E-state index in [9.17, 15) is 88.6 Å². The fraction of sp³-hybridized carbons (Fsp3) is 0.983. The lowest BCUT2D eigenvalue weighted by Crippen LogP contribution is -2.64. The highest BCUT2D eigenvalue weighted by Crippen LogP contribution is 2.47. The first kappa shape index (κ1) is 90.8. The van der Waals surface area contributed by atoms with Crippen LogP contribution in [0.1, 0.15) is 138 Å². The van der Waals surface area contributed by atoms with Crippen molar-refractivity contribution in [2.24, 2.45) is 17.3 Å². The van der Waals surface area contributed by atoms with Crippen molar-refractivity contribution in [1.82, 2.24) is 5.32 Å². The molecule has 101 heavy (non-hydrogen) atoms. The topological polar surface area (TPSA) is 527 Å². The molecule has 14 N–H and O–H groups in total. The maximum absolute atomic E-state index is 13.5. The average Bonchev–Trinajstić information content (AvgIpc) is 0.958. The molecule has 598 valence electrons. The van der Waals surface area contributed by atoms with E-state index in [4.69, 9.17) is 84.9 Å². The number of unbranched alkanes of at least 4 members (excludes halogenated alkanes) is 9. The highest BCUT2D eigenvalue weighted by Gasteiger charge is 2.47. The van der Waals surface area contributed by atoms with Gasteiger partial charge in [0, 0.05) is 59.8 Å². The van der Waals surface area contributed by atoms with Crippen LogP contribution in [-0.2, 0) is 107 Å². The van der Waals surface area contributed by atoms with Gasteiger partial charge >= 0.3 is 31.3 Å². The van der Waals surface area contributed by atoms with Gasteiger partial charge in [-0.25, -0.2) is 18.3 Å². The first-order valence-electron chi connectivity index (χ1n) is 35.2. The zero-order valence-corrected chi connectivity index (χ0v) is 61.9. The van der Waals surface area contributed by atoms with E-state index in [-0.39, 0.29) is 124 Å². The van der Waals surface area contributed by atoms with Gasteiger partial charge in [-0.1, -0.05) is 52.4 Å². The van der Waals surface area contributed by atoms with E-state index in [0.717, 1.165) is 0 Å². The fourth-order valence-corrected chi connectivity index (χ4v) is 14.0. The Balaban J connectivity index is 1.27. The van der Waals surface area contributed by atoms with E-state index in [2.05, 4.69) is 5.32 Å². The smallest absolute Gasteiger partial charge is 0.394 e. The van der Waals surface area contributed by atoms with Gasteiger partial charge in [-0.3, -0.25) is 41.0 Å². The quantitative estimate of drug-likeness (QED) is 0.0306. The van der Waals surface area contributed by atoms with Gasteiger partial charge < -0.3 is 118 Å². The number of ether oxygens (including phenoxy) is 10. The second-order valence-corrected chi connectivity index (χ2v) is 31.4. The maximum atomic E-state index is 13.5. The summed E-state index contributed by atoms with van der Waals surface area (Å²) in [5, 5.41) is 92.4. The number of phosphoric acid groups is 4. The Morgan fingerprint density at radius 1 is 0.426 bits per heavy atom. The predicted octanol–water partition coefficient (Wildman–Crippen LogP) is 2.12. The lowest BCUT2D eigenvalue weighted by Gasteiger charge is -2.42. The molecule has 22 atom stereocenters. The summed E-state index contributed by atoms with van der Waals surface area (Å²) in [6, 6.07) is -1.09. The number of rotatable bonds is 58. The van der Waals surface area contributed by atoms with Gasteiger partial charge in [-0.2, -0.15) is 0 Å². The van der Waals surface area contributed by atoms with Crippen LogP contribution in [0.15, 0.2) is 0 Å². The van der Waals surface area contributed by atoms with Crippen molar-refractivity contribution in [2.75, 3.05) is 132 Å². The lowest BCUT2D eigenvalue weighted by atomic mass is 9.92. The number of hydrogen-bond acceptors (Lipinski definition) is 32. The monoisotopic (exact) mass is 1550 g/mol. The standard InChI is InChI=1S/C60H117NO36P4/c1-42-20-21-46(94-42)37-92-101(78,79)93-41-60(38-80-22-17-31-89-98(72,73)86-28-14-8-5-11-25-83-57-43(2)51(66)53(68)47(34-62)95-57,39-81-23-18-32-90-99(74,75)87-29-15-9-6-12-26-84-58-44(3)52(67)54(69)48(35-63)96-58)40-82-24-19-33-91-100(76,77)88-30-16-10-7-13-27-85-59-50(61-45(4)65)56(71)55(70)49(36-64)97-59/h42-44,46-59,62-64,66-71H,5-41H2,1-4H3,(H,61,65)(H,72,73)(H,74,75)(H,76,77)(H,78,79)/t42-,43?,44?,46-,47?,48?,49?,50?,51+,52+,53-,54-,55-,56+,57+,58+,59+,60?/m0/s1/i21T/t21-,42-,43?,44?,46-,47?,48?,49?,50?,51+,52+,53-,54-,55-,56+,57+,58+,59+,60?. The number of carbonyl (C=O) groups excluding carboxylic acids is 1. The van der Waals surface area contributed by atoms with E-state index >= 15 is 0 Å². The highest BCUT2D eigenvalue weighted by atomic mass is 31.2. The number of phosphoric ester groups is 4. The predicted molar refractivity (Wildman–Crippen MR) is 352 cm³/mol. The molecule has 4 fully saturated rings. The zero-order chi connectivity index (χ0) is 75.4. The van der Waals surface area contributed by atoms with Gasteiger partial charge in [0.25, 0.3) is 0 Å². The minimum atomic E-state index is -4.91. The van der Waals surface area contributed by atoms with Crippen molar-refractivity contribution in [3.05, 3.63) is 0 Å². The van der Waals surface area contributed by atoms with Crippen LogP contribution in [0.3, 0.4) is 0 Å². The van der Waals surface area contributed by atoms with E-state index in [0.29, 0.717) is 83.5 Å². The summed E-state index contributed by atoms with van der Waals surface area (Å²) in [6.07, 6.45) is -8.71. The van der Waals surface area contributed by atoms with Crippen LogP contribution in [0.25, 0.3) is 0 Å². The van der Waals surface area contributed by atoms with Crippen molar-refractivity contribution in [2.45, 2.75) is 229 Å². The molecule has 0 aliphatic carbocycles. The Labute approximate surface area is 592 Å². The average molecular weight is 1550 g/mol. The number of amides is 1. The van der Waals surface area contributed by atoms with Crippen molar-refractivity contribution in [3.8, 4) is 0 Å². The second kappa shape index (κ2) is 49.3. The molecule has 4 saturated heterocycles. The van der Waals surface area contributed by atoms with Crippen molar-refractivity contribution in [1.29, 1.82) is 0 Å². The van der Waals surface area contributed by atoms with Gasteiger partial charge in [0.15, 0.2) is 18.9 Å². The molecule has 10 unspecified atom stereocenters. The summed E-state index contributed by atoms with van der Waals surface area (Å²) in [6.45, 7) is 1.48. The summed E-state index contributed by atoms with van der Waals surface area (Å²) < 4.78 is 159. The molecule has 4 heterocycles. The third kappa shape index (κ3) is 36.5. The molecule has 0 radical (unpaired) electrons. The minimum Gasteiger partial charge on any atom is -0.394 e. The van der Waals surface area contributed by atoms with E-state index in [1.54, 1.807) is 20.8 Å². The Morgan fingerprint density at radius 3 is 1.10 bits per heavy atom. The first-order chi connectivity index (χ1) is 48.4. The molecular formula is C60H117NO36P4. The number of hydrogen-bond donors (Lipinski definition) is 14. The van der Waals surface area contributed by atoms with Crippen LogP contribution in [0, 0.1) is 17.3 Å². The second-order valence-electron chi connectivity index (χ2n) is 25.5. The lowest BCUT2D eigenvalue weighted by molar-refractivity contribution is -0.282. The van der Waals surface area contributed by atoms with Gasteiger partial charge in [-0.05, 0) is 77.5 Å². The van der Waals surface area contributed by atoms with E-state index in [1.807, 2.05) is 0 Å². The van der Waals surface area contributed by atoms with Gasteiger partial charge in [0.2, 0.25) is 5.91 Å². The normalized spacial score (nSPS) is 31.9. The summed E-state index contributed by atoms with van der Waals surface area (Å²) in [5.74, 6) is -1.58. The molecule has 1 amide bonds. The molecule has 0 bridgehead atoms. The SMILES string of the molecule is [3H][C@H]1C[C@H](C)O[C@@H]1COP(=O)(O)OCC(COCCCOP(=O)(O)OCCCCCCO[C@@H]1OC(CO)[C@H](O)[C@H](O)C1C)(COCCCOP(=O)(O)OCCCCCCO[C@@H]1OC(CO)[C@H](O)[C@H](O)C1C)COCCCOP(=O)(O)OCCCCCCO[C@@H]1OC(CO)[C@H](O)[C@H](O)C1NC(C)=O. The molecule has 0 aromatic carbocycles. The molecule has 0 aromatic rings. The largest absolute Gasteiger partial charge is 0.472 e. The Hall–Kier alpha value is -0.850. The molecule has 0 saturated carbocycles. The third-order valence-electron chi connectivity index (χ3n) is 16.7. The van der Waals surface area contributed by atoms with E-state index < -0.39 is 180 Å². The highest BCUT2D eigenvalue weighted by molar-refractivity contribution is 7.48. The molecule has 4 aliphatic heterocycles. The Bertz CT molecular complexity index is 2370. The van der Waals surface area contributed by atoms with Crippen molar-refractivity contribution in [3.63, 3.8) is 0 Å². The summed E-state index contributed by atoms with van der Waals surface area (Å²) in [4.78, 5) is 53.8. The fourth-order valence-electron chi connectivity index (χ4n) is 10.8. The summed E-state index contributed by atoms with van der Waals surface area (Å²) in [7, 11) is -18.5. The molecule has 37 nitrogen and oxygen atoms in total. The minimum absolute atomic E-state index is 0.0142. The van der Waals surface area contributed by atoms with E-state index in [1.165, 1.54) is 6.92 Å². The summed E-state index contributed by atoms with van der Waals surface area (Å²) in [5.41, 5.74) is -1.48. The molecule has 0 spiro atoms. The van der Waals surface area contributed by atoms with Crippen LogP contribution in [0.2, 0.25) is 0 Å². The number of nitrogens with one attached hydrogen (secondary N) is 1. The number of carbonyl (C=O) groups is 1. The third-order valence-corrected chi connectivity index (χ3v) is 20.7. The van der Waals surface area contributed by atoms with Gasteiger partial charge in [-0.15, -0.1) is 0 Å². The van der Waals surface area contributed by atoms with Gasteiger partial charge in [0.1, 0.15) is 48.8 Å². The zero-order valence-electron chi connectivity index (χ0n) is 59.3. The molecule has 0 aromatic heterocycles.